The van der Waals surface area contributed by atoms with Crippen molar-refractivity contribution in [1.82, 2.24) is 5.32 Å². The zero-order valence-corrected chi connectivity index (χ0v) is 39.4. The van der Waals surface area contributed by atoms with Gasteiger partial charge in [-0.25, -0.2) is 0 Å². The van der Waals surface area contributed by atoms with Crippen LogP contribution in [-0.4, -0.2) is 87.5 Å². The number of hydrogen-bond acceptors (Lipinski definition) is 8. The van der Waals surface area contributed by atoms with Crippen LogP contribution >= 0.6 is 0 Å². The first kappa shape index (κ1) is 57.6. The lowest BCUT2D eigenvalue weighted by Gasteiger charge is -2.40. The number of allylic oxidation sites excluding steroid dienone is 12. The van der Waals surface area contributed by atoms with Gasteiger partial charge in [0.25, 0.3) is 0 Å². The van der Waals surface area contributed by atoms with Gasteiger partial charge < -0.3 is 40.3 Å². The summed E-state index contributed by atoms with van der Waals surface area (Å²) in [4.78, 5) is 12.8. The molecule has 6 N–H and O–H groups in total. The molecule has 7 atom stereocenters. The third-order valence-corrected chi connectivity index (χ3v) is 11.6. The van der Waals surface area contributed by atoms with Gasteiger partial charge in [0, 0.05) is 6.42 Å². The number of aliphatic hydroxyl groups is 5. The van der Waals surface area contributed by atoms with Crippen LogP contribution in [0.4, 0.5) is 0 Å². The molecule has 0 aromatic heterocycles. The molecule has 9 nitrogen and oxygen atoms in total. The smallest absolute Gasteiger partial charge is 0.220 e. The van der Waals surface area contributed by atoms with Crippen molar-refractivity contribution >= 4 is 5.91 Å². The second-order valence-corrected chi connectivity index (χ2v) is 17.2. The summed E-state index contributed by atoms with van der Waals surface area (Å²) >= 11 is 0. The fraction of sp³-hybridized carbons (Fsp3) is 0.755. The van der Waals surface area contributed by atoms with Crippen molar-refractivity contribution in [1.29, 1.82) is 0 Å². The molecular formula is C53H93NO8. The zero-order valence-electron chi connectivity index (χ0n) is 39.4. The Morgan fingerprint density at radius 3 is 1.47 bits per heavy atom. The van der Waals surface area contributed by atoms with Crippen LogP contribution < -0.4 is 5.32 Å². The Morgan fingerprint density at radius 2 is 1.00 bits per heavy atom. The normalized spacial score (nSPS) is 20.9. The van der Waals surface area contributed by atoms with Crippen molar-refractivity contribution in [2.24, 2.45) is 0 Å². The summed E-state index contributed by atoms with van der Waals surface area (Å²) in [7, 11) is 0. The first-order valence-corrected chi connectivity index (χ1v) is 25.1. The Kier molecular flexibility index (Phi) is 39.6. The quantitative estimate of drug-likeness (QED) is 0.0263. The summed E-state index contributed by atoms with van der Waals surface area (Å²) in [6.07, 6.45) is 51.5. The van der Waals surface area contributed by atoms with E-state index in [2.05, 4.69) is 92.1 Å². The standard InChI is InChI=1S/C53H93NO8/c1-3-5-7-9-10-11-12-13-14-15-16-17-18-19-20-21-22-23-24-25-26-27-28-29-30-31-32-33-34-35-36-37-38-39-41-43-49(57)54-46(47(56)42-40-8-6-4-2)45-61-53-52(60)51(59)50(58)48(44-55)62-53/h5,7,10-11,13-14,16-17,19-20,22-23,46-48,50-53,55-56,58-60H,3-4,6,8-9,12,15,18,21,24-45H2,1-2H3,(H,54,57)/b7-5-,11-10-,14-13-,17-16-,20-19-,23-22-. The van der Waals surface area contributed by atoms with Crippen LogP contribution in [0.2, 0.25) is 0 Å². The van der Waals surface area contributed by atoms with Crippen LogP contribution in [0.1, 0.15) is 200 Å². The van der Waals surface area contributed by atoms with Crippen molar-refractivity contribution in [2.45, 2.75) is 243 Å². The van der Waals surface area contributed by atoms with Gasteiger partial charge in [-0.1, -0.05) is 202 Å². The number of carbonyl (C=O) groups excluding carboxylic acids is 1. The fourth-order valence-electron chi connectivity index (χ4n) is 7.58. The minimum absolute atomic E-state index is 0.143. The highest BCUT2D eigenvalue weighted by molar-refractivity contribution is 5.76. The van der Waals surface area contributed by atoms with Crippen LogP contribution in [0, 0.1) is 0 Å². The van der Waals surface area contributed by atoms with Crippen LogP contribution in [0.5, 0.6) is 0 Å². The van der Waals surface area contributed by atoms with Gasteiger partial charge in [0.2, 0.25) is 5.91 Å². The Balaban J connectivity index is 2.00. The SMILES string of the molecule is CC/C=C\C/C=C\C/C=C\C/C=C\C/C=C\C/C=C\CCCCCCCCCCCCCCCCCCC(=O)NC(COC1OC(CO)C(O)C(O)C1O)C(O)CCCCCC. The third kappa shape index (κ3) is 32.3. The number of rotatable bonds is 41. The summed E-state index contributed by atoms with van der Waals surface area (Å²) in [6.45, 7) is 3.59. The van der Waals surface area contributed by atoms with Crippen LogP contribution in [-0.2, 0) is 14.3 Å². The molecule has 9 heteroatoms. The molecule has 0 bridgehead atoms. The Bertz CT molecular complexity index is 1200. The third-order valence-electron chi connectivity index (χ3n) is 11.6. The number of aliphatic hydroxyl groups excluding tert-OH is 5. The maximum Gasteiger partial charge on any atom is 0.220 e. The molecule has 0 aromatic rings. The molecule has 62 heavy (non-hydrogen) atoms. The van der Waals surface area contributed by atoms with E-state index in [1.807, 2.05) is 0 Å². The lowest BCUT2D eigenvalue weighted by molar-refractivity contribution is -0.302. The largest absolute Gasteiger partial charge is 0.394 e. The molecule has 0 spiro atoms. The lowest BCUT2D eigenvalue weighted by atomic mass is 9.99. The van der Waals surface area contributed by atoms with E-state index in [0.717, 1.165) is 83.5 Å². The Hall–Kier alpha value is -2.37. The summed E-state index contributed by atoms with van der Waals surface area (Å²) in [6, 6.07) is -0.716. The van der Waals surface area contributed by atoms with Gasteiger partial charge in [0.1, 0.15) is 24.4 Å². The van der Waals surface area contributed by atoms with Gasteiger partial charge in [-0.05, 0) is 64.2 Å². The fourth-order valence-corrected chi connectivity index (χ4v) is 7.58. The molecule has 1 saturated heterocycles. The van der Waals surface area contributed by atoms with E-state index < -0.39 is 49.5 Å². The summed E-state index contributed by atoms with van der Waals surface area (Å²) in [5.41, 5.74) is 0. The van der Waals surface area contributed by atoms with Crippen LogP contribution in [0.15, 0.2) is 72.9 Å². The Labute approximate surface area is 378 Å². The maximum atomic E-state index is 12.8. The molecular weight excluding hydrogens is 779 g/mol. The maximum absolute atomic E-state index is 12.8. The highest BCUT2D eigenvalue weighted by Crippen LogP contribution is 2.23. The van der Waals surface area contributed by atoms with E-state index in [-0.39, 0.29) is 12.5 Å². The lowest BCUT2D eigenvalue weighted by Crippen LogP contribution is -2.60. The van der Waals surface area contributed by atoms with E-state index in [1.165, 1.54) is 89.9 Å². The van der Waals surface area contributed by atoms with Gasteiger partial charge in [0.05, 0.1) is 25.4 Å². The molecule has 1 amide bonds. The molecule has 1 aliphatic heterocycles. The molecule has 1 fully saturated rings. The first-order chi connectivity index (χ1) is 30.3. The van der Waals surface area contributed by atoms with Gasteiger partial charge >= 0.3 is 0 Å². The molecule has 1 heterocycles. The number of amides is 1. The van der Waals surface area contributed by atoms with Gasteiger partial charge in [-0.3, -0.25) is 4.79 Å². The minimum atomic E-state index is -1.55. The van der Waals surface area contributed by atoms with E-state index >= 15 is 0 Å². The average molecular weight is 872 g/mol. The minimum Gasteiger partial charge on any atom is -0.394 e. The molecule has 1 rings (SSSR count). The van der Waals surface area contributed by atoms with Crippen molar-refractivity contribution in [2.75, 3.05) is 13.2 Å². The summed E-state index contributed by atoms with van der Waals surface area (Å²) in [5, 5.41) is 53.8. The molecule has 0 radical (unpaired) electrons. The molecule has 0 aromatic carbocycles. The molecule has 0 saturated carbocycles. The van der Waals surface area contributed by atoms with Crippen molar-refractivity contribution < 1.29 is 39.8 Å². The number of ether oxygens (including phenoxy) is 2. The van der Waals surface area contributed by atoms with Crippen molar-refractivity contribution in [3.8, 4) is 0 Å². The van der Waals surface area contributed by atoms with Crippen molar-refractivity contribution in [3.05, 3.63) is 72.9 Å². The Morgan fingerprint density at radius 1 is 0.565 bits per heavy atom. The molecule has 7 unspecified atom stereocenters. The average Bonchev–Trinajstić information content (AvgIpc) is 3.27. The van der Waals surface area contributed by atoms with E-state index in [1.54, 1.807) is 0 Å². The summed E-state index contributed by atoms with van der Waals surface area (Å²) in [5.74, 6) is -0.156. The first-order valence-electron chi connectivity index (χ1n) is 25.1. The van der Waals surface area contributed by atoms with Crippen molar-refractivity contribution in [3.63, 3.8) is 0 Å². The van der Waals surface area contributed by atoms with Crippen LogP contribution in [0.3, 0.4) is 0 Å². The topological polar surface area (TPSA) is 149 Å². The zero-order chi connectivity index (χ0) is 45.1. The highest BCUT2D eigenvalue weighted by atomic mass is 16.7. The number of carbonyl (C=O) groups is 1. The highest BCUT2D eigenvalue weighted by Gasteiger charge is 2.44. The number of hydrogen-bond donors (Lipinski definition) is 6. The molecule has 358 valence electrons. The van der Waals surface area contributed by atoms with E-state index in [9.17, 15) is 30.3 Å². The van der Waals surface area contributed by atoms with Crippen LogP contribution in [0.25, 0.3) is 0 Å². The second-order valence-electron chi connectivity index (χ2n) is 17.2. The second kappa shape index (κ2) is 42.6. The summed E-state index contributed by atoms with van der Waals surface area (Å²) < 4.78 is 11.1. The molecule has 0 aliphatic carbocycles. The predicted octanol–water partition coefficient (Wildman–Crippen LogP) is 11.3. The molecule has 1 aliphatic rings. The van der Waals surface area contributed by atoms with E-state index in [0.29, 0.717) is 12.8 Å². The van der Waals surface area contributed by atoms with Gasteiger partial charge in [-0.2, -0.15) is 0 Å². The number of nitrogens with one attached hydrogen (secondary N) is 1. The monoisotopic (exact) mass is 872 g/mol. The van der Waals surface area contributed by atoms with E-state index in [4.69, 9.17) is 9.47 Å². The number of unbranched alkanes of at least 4 members (excludes halogenated alkanes) is 19. The van der Waals surface area contributed by atoms with Gasteiger partial charge in [-0.15, -0.1) is 0 Å². The predicted molar refractivity (Wildman–Crippen MR) is 258 cm³/mol. The van der Waals surface area contributed by atoms with Gasteiger partial charge in [0.15, 0.2) is 6.29 Å².